The molecule has 1 amide bonds. The van der Waals surface area contributed by atoms with Crippen LogP contribution in [0.5, 0.6) is 5.75 Å². The van der Waals surface area contributed by atoms with E-state index < -0.39 is 29.4 Å². The molecule has 3 aromatic rings. The summed E-state index contributed by atoms with van der Waals surface area (Å²) in [7, 11) is 0. The summed E-state index contributed by atoms with van der Waals surface area (Å²) in [6.45, 7) is 2.67. The van der Waals surface area contributed by atoms with Crippen molar-refractivity contribution >= 4 is 23.1 Å². The third-order valence-corrected chi connectivity index (χ3v) is 5.79. The lowest BCUT2D eigenvalue weighted by Gasteiger charge is -2.25. The average molecular weight is 478 g/mol. The number of rotatable bonds is 8. The van der Waals surface area contributed by atoms with Crippen LogP contribution < -0.4 is 9.64 Å². The fraction of sp³-hybridized carbons (Fsp3) is 0.222. The van der Waals surface area contributed by atoms with Gasteiger partial charge in [-0.25, -0.2) is 8.78 Å². The first-order valence-electron chi connectivity index (χ1n) is 11.3. The van der Waals surface area contributed by atoms with Crippen LogP contribution in [0.3, 0.4) is 0 Å². The lowest BCUT2D eigenvalue weighted by Crippen LogP contribution is -2.29. The molecule has 2 aromatic carbocycles. The van der Waals surface area contributed by atoms with Gasteiger partial charge in [0.1, 0.15) is 11.5 Å². The number of benzene rings is 2. The topological polar surface area (TPSA) is 79.7 Å². The Labute approximate surface area is 201 Å². The molecule has 0 bridgehead atoms. The Kier molecular flexibility index (Phi) is 7.19. The lowest BCUT2D eigenvalue weighted by atomic mass is 9.95. The summed E-state index contributed by atoms with van der Waals surface area (Å²) in [6, 6.07) is 11.6. The second kappa shape index (κ2) is 10.5. The maximum atomic E-state index is 14.0. The number of Topliss-reactive ketones (excluding diaryl/α,β-unsaturated/α-hetero) is 1. The van der Waals surface area contributed by atoms with Crippen LogP contribution in [0.2, 0.25) is 0 Å². The van der Waals surface area contributed by atoms with Crippen LogP contribution in [0.25, 0.3) is 5.76 Å². The van der Waals surface area contributed by atoms with E-state index in [1.165, 1.54) is 18.5 Å². The summed E-state index contributed by atoms with van der Waals surface area (Å²) < 4.78 is 33.2. The Morgan fingerprint density at radius 3 is 2.37 bits per heavy atom. The normalized spacial score (nSPS) is 17.1. The molecule has 4 rings (SSSR count). The number of hydrogen-bond donors (Lipinski definition) is 1. The Hall–Kier alpha value is -4.07. The number of unbranched alkanes of at least 4 members (excludes halogenated alkanes) is 2. The minimum Gasteiger partial charge on any atom is -0.507 e. The lowest BCUT2D eigenvalue weighted by molar-refractivity contribution is -0.132. The molecule has 1 unspecified atom stereocenters. The number of ether oxygens (including phenoxy) is 1. The number of carbonyl (C=O) groups is 2. The first-order chi connectivity index (χ1) is 16.9. The van der Waals surface area contributed by atoms with Crippen molar-refractivity contribution in [1.29, 1.82) is 0 Å². The molecule has 35 heavy (non-hydrogen) atoms. The predicted octanol–water partition coefficient (Wildman–Crippen LogP) is 5.56. The minimum atomic E-state index is -1.16. The molecule has 1 atom stereocenters. The van der Waals surface area contributed by atoms with Gasteiger partial charge in [0.15, 0.2) is 11.6 Å². The van der Waals surface area contributed by atoms with Gasteiger partial charge in [0.25, 0.3) is 11.7 Å². The van der Waals surface area contributed by atoms with E-state index in [-0.39, 0.29) is 17.0 Å². The number of carbonyl (C=O) groups excluding carboxylic acids is 2. The number of nitrogens with zero attached hydrogens (tertiary/aromatic N) is 2. The number of halogens is 2. The van der Waals surface area contributed by atoms with Crippen molar-refractivity contribution in [2.75, 3.05) is 11.5 Å². The zero-order valence-corrected chi connectivity index (χ0v) is 19.1. The summed E-state index contributed by atoms with van der Waals surface area (Å²) in [6.07, 6.45) is 6.02. The van der Waals surface area contributed by atoms with Gasteiger partial charge in [-0.05, 0) is 60.5 Å². The van der Waals surface area contributed by atoms with Gasteiger partial charge in [-0.3, -0.25) is 19.5 Å². The highest BCUT2D eigenvalue weighted by Crippen LogP contribution is 2.42. The van der Waals surface area contributed by atoms with E-state index in [4.69, 9.17) is 4.74 Å². The van der Waals surface area contributed by atoms with Gasteiger partial charge in [0.05, 0.1) is 18.2 Å². The van der Waals surface area contributed by atoms with Crippen LogP contribution in [0, 0.1) is 11.6 Å². The maximum Gasteiger partial charge on any atom is 0.300 e. The molecular weight excluding hydrogens is 454 g/mol. The first kappa shape index (κ1) is 24.1. The van der Waals surface area contributed by atoms with Crippen LogP contribution in [-0.4, -0.2) is 28.4 Å². The molecule has 6 nitrogen and oxygen atoms in total. The quantitative estimate of drug-likeness (QED) is 0.199. The van der Waals surface area contributed by atoms with E-state index in [0.29, 0.717) is 23.5 Å². The molecule has 0 spiro atoms. The number of hydrogen-bond acceptors (Lipinski definition) is 5. The Balaban J connectivity index is 1.75. The molecule has 0 saturated carbocycles. The number of aromatic nitrogens is 1. The van der Waals surface area contributed by atoms with E-state index >= 15 is 0 Å². The summed E-state index contributed by atoms with van der Waals surface area (Å²) in [5, 5.41) is 11.1. The molecule has 0 aliphatic carbocycles. The Morgan fingerprint density at radius 2 is 1.71 bits per heavy atom. The van der Waals surface area contributed by atoms with Gasteiger partial charge < -0.3 is 9.84 Å². The molecule has 1 saturated heterocycles. The largest absolute Gasteiger partial charge is 0.507 e. The van der Waals surface area contributed by atoms with Crippen molar-refractivity contribution in [2.45, 2.75) is 32.2 Å². The Bertz CT molecular complexity index is 1260. The van der Waals surface area contributed by atoms with Crippen molar-refractivity contribution in [1.82, 2.24) is 4.98 Å². The highest BCUT2D eigenvalue weighted by molar-refractivity contribution is 6.51. The number of aliphatic hydroxyl groups excluding tert-OH is 1. The van der Waals surface area contributed by atoms with Gasteiger partial charge in [-0.1, -0.05) is 19.8 Å². The third-order valence-electron chi connectivity index (χ3n) is 5.79. The minimum absolute atomic E-state index is 0.0114. The maximum absolute atomic E-state index is 14.0. The summed E-state index contributed by atoms with van der Waals surface area (Å²) in [4.78, 5) is 31.1. The fourth-order valence-corrected chi connectivity index (χ4v) is 4.00. The van der Waals surface area contributed by atoms with Crippen LogP contribution >= 0.6 is 0 Å². The molecule has 0 radical (unpaired) electrons. The molecule has 2 heterocycles. The third kappa shape index (κ3) is 4.91. The van der Waals surface area contributed by atoms with Crippen molar-refractivity contribution in [2.24, 2.45) is 0 Å². The monoisotopic (exact) mass is 478 g/mol. The molecule has 1 aliphatic rings. The van der Waals surface area contributed by atoms with Gasteiger partial charge in [0.2, 0.25) is 0 Å². The standard InChI is InChI=1S/C27H24F2N2O4/c1-2-3-4-15-35-20-8-5-18(6-9-20)25(32)23-24(17-11-13-30-14-12-17)31(27(34)26(23)33)19-7-10-21(28)22(29)16-19/h5-14,16,24,32H,2-4,15H2,1H3/b25-23+. The Morgan fingerprint density at radius 1 is 1.00 bits per heavy atom. The molecule has 180 valence electrons. The van der Waals surface area contributed by atoms with Crippen LogP contribution in [-0.2, 0) is 9.59 Å². The van der Waals surface area contributed by atoms with Crippen molar-refractivity contribution < 1.29 is 28.2 Å². The van der Waals surface area contributed by atoms with E-state index in [0.717, 1.165) is 36.3 Å². The number of aliphatic hydroxyl groups is 1. The van der Waals surface area contributed by atoms with Gasteiger partial charge >= 0.3 is 0 Å². The SMILES string of the molecule is CCCCCOc1ccc(/C(O)=C2\C(=O)C(=O)N(c3ccc(F)c(F)c3)C2c2ccncc2)cc1. The first-order valence-corrected chi connectivity index (χ1v) is 11.3. The average Bonchev–Trinajstić information content (AvgIpc) is 3.14. The zero-order chi connectivity index (χ0) is 24.9. The number of anilines is 1. The van der Waals surface area contributed by atoms with Crippen molar-refractivity contribution in [3.63, 3.8) is 0 Å². The van der Waals surface area contributed by atoms with Crippen molar-refractivity contribution in [3.05, 3.63) is 95.3 Å². The van der Waals surface area contributed by atoms with Crippen LogP contribution in [0.4, 0.5) is 14.5 Å². The van der Waals surface area contributed by atoms with Crippen molar-refractivity contribution in [3.8, 4) is 5.75 Å². The predicted molar refractivity (Wildman–Crippen MR) is 127 cm³/mol. The van der Waals surface area contributed by atoms with E-state index in [1.54, 1.807) is 36.4 Å². The summed E-state index contributed by atoms with van der Waals surface area (Å²) >= 11 is 0. The molecule has 8 heteroatoms. The zero-order valence-electron chi connectivity index (χ0n) is 19.1. The smallest absolute Gasteiger partial charge is 0.300 e. The van der Waals surface area contributed by atoms with Gasteiger partial charge in [-0.2, -0.15) is 0 Å². The molecule has 1 N–H and O–H groups in total. The molecular formula is C27H24F2N2O4. The van der Waals surface area contributed by atoms with Gasteiger partial charge in [-0.15, -0.1) is 0 Å². The highest BCUT2D eigenvalue weighted by Gasteiger charge is 2.47. The molecule has 1 fully saturated rings. The van der Waals surface area contributed by atoms with E-state index in [2.05, 4.69) is 11.9 Å². The number of amides is 1. The second-order valence-corrected chi connectivity index (χ2v) is 8.13. The van der Waals surface area contributed by atoms with E-state index in [9.17, 15) is 23.5 Å². The van der Waals surface area contributed by atoms with Crippen LogP contribution in [0.1, 0.15) is 43.4 Å². The molecule has 1 aromatic heterocycles. The molecule has 1 aliphatic heterocycles. The second-order valence-electron chi connectivity index (χ2n) is 8.13. The van der Waals surface area contributed by atoms with E-state index in [1.807, 2.05) is 0 Å². The van der Waals surface area contributed by atoms with Crippen LogP contribution in [0.15, 0.2) is 72.6 Å². The summed E-state index contributed by atoms with van der Waals surface area (Å²) in [5.74, 6) is -3.90. The summed E-state index contributed by atoms with van der Waals surface area (Å²) in [5.41, 5.74) is 0.611. The fourth-order valence-electron chi connectivity index (χ4n) is 4.00. The van der Waals surface area contributed by atoms with Gasteiger partial charge in [0, 0.05) is 29.7 Å². The highest BCUT2D eigenvalue weighted by atomic mass is 19.2. The number of pyridine rings is 1. The number of ketones is 1.